The summed E-state index contributed by atoms with van der Waals surface area (Å²) in [6.07, 6.45) is 2.25. The number of hydrogen-bond acceptors (Lipinski definition) is 3. The van der Waals surface area contributed by atoms with E-state index in [0.29, 0.717) is 11.9 Å². The van der Waals surface area contributed by atoms with Crippen molar-refractivity contribution in [2.45, 2.75) is 19.3 Å². The van der Waals surface area contributed by atoms with E-state index in [9.17, 15) is 14.9 Å². The number of nitro benzene ring substituents is 1. The second-order valence-electron chi connectivity index (χ2n) is 4.24. The van der Waals surface area contributed by atoms with E-state index in [0.717, 1.165) is 29.5 Å². The van der Waals surface area contributed by atoms with Crippen LogP contribution >= 0.6 is 0 Å². The number of carbonyl (C=O) groups is 1. The van der Waals surface area contributed by atoms with Crippen LogP contribution in [0.4, 0.5) is 5.69 Å². The summed E-state index contributed by atoms with van der Waals surface area (Å²) in [7, 11) is 0. The first-order chi connectivity index (χ1) is 8.16. The smallest absolute Gasteiger partial charge is 0.271 e. The average Bonchev–Trinajstić information content (AvgIpc) is 2.67. The molecule has 0 aliphatic heterocycles. The molecule has 1 aliphatic rings. The van der Waals surface area contributed by atoms with Crippen LogP contribution in [0.5, 0.6) is 0 Å². The summed E-state index contributed by atoms with van der Waals surface area (Å²) in [5, 5.41) is 11.5. The molecule has 0 fully saturated rings. The fourth-order valence-electron chi connectivity index (χ4n) is 2.41. The number of nitrogens with one attached hydrogen (secondary N) is 1. The maximum atomic E-state index is 11.8. The third-order valence-corrected chi connectivity index (χ3v) is 3.18. The first-order valence-corrected chi connectivity index (χ1v) is 5.49. The van der Waals surface area contributed by atoms with Gasteiger partial charge in [-0.05, 0) is 18.9 Å². The maximum absolute atomic E-state index is 11.8. The zero-order chi connectivity index (χ0) is 12.0. The minimum Gasteiger partial charge on any atom is -0.358 e. The molecular formula is C12H10N2O3. The van der Waals surface area contributed by atoms with Crippen LogP contribution in [0.1, 0.15) is 28.9 Å². The summed E-state index contributed by atoms with van der Waals surface area (Å²) in [5.41, 5.74) is 2.36. The van der Waals surface area contributed by atoms with Gasteiger partial charge in [-0.25, -0.2) is 0 Å². The fourth-order valence-corrected chi connectivity index (χ4v) is 2.41. The van der Waals surface area contributed by atoms with E-state index >= 15 is 0 Å². The molecule has 0 atom stereocenters. The lowest BCUT2D eigenvalue weighted by Gasteiger charge is -2.09. The van der Waals surface area contributed by atoms with E-state index in [-0.39, 0.29) is 11.5 Å². The highest BCUT2D eigenvalue weighted by Crippen LogP contribution is 2.30. The second kappa shape index (κ2) is 3.41. The Labute approximate surface area is 96.6 Å². The Balaban J connectivity index is 2.28. The molecule has 5 heteroatoms. The molecule has 2 aromatic rings. The molecule has 0 spiro atoms. The van der Waals surface area contributed by atoms with Gasteiger partial charge in [0.05, 0.1) is 10.4 Å². The number of carbonyl (C=O) groups excluding carboxylic acids is 1. The lowest BCUT2D eigenvalue weighted by molar-refractivity contribution is -0.384. The van der Waals surface area contributed by atoms with Crippen LogP contribution < -0.4 is 0 Å². The number of hydrogen-bond donors (Lipinski definition) is 1. The molecule has 0 radical (unpaired) electrons. The molecule has 1 aliphatic carbocycles. The van der Waals surface area contributed by atoms with Gasteiger partial charge >= 0.3 is 0 Å². The Morgan fingerprint density at radius 2 is 2.12 bits per heavy atom. The molecule has 17 heavy (non-hydrogen) atoms. The van der Waals surface area contributed by atoms with Crippen molar-refractivity contribution in [3.63, 3.8) is 0 Å². The van der Waals surface area contributed by atoms with Crippen molar-refractivity contribution >= 4 is 22.4 Å². The molecule has 0 amide bonds. The average molecular weight is 230 g/mol. The van der Waals surface area contributed by atoms with Crippen LogP contribution in [0.15, 0.2) is 18.2 Å². The maximum Gasteiger partial charge on any atom is 0.271 e. The minimum atomic E-state index is -0.429. The van der Waals surface area contributed by atoms with Crippen molar-refractivity contribution in [2.75, 3.05) is 0 Å². The number of nitro groups is 1. The first kappa shape index (κ1) is 10.0. The van der Waals surface area contributed by atoms with Gasteiger partial charge in [0.1, 0.15) is 0 Å². The quantitative estimate of drug-likeness (QED) is 0.604. The molecule has 5 nitrogen and oxygen atoms in total. The van der Waals surface area contributed by atoms with Crippen LogP contribution in [0.3, 0.4) is 0 Å². The minimum absolute atomic E-state index is 0.0449. The van der Waals surface area contributed by atoms with Crippen molar-refractivity contribution in [1.29, 1.82) is 0 Å². The largest absolute Gasteiger partial charge is 0.358 e. The summed E-state index contributed by atoms with van der Waals surface area (Å²) in [6, 6.07) is 4.59. The summed E-state index contributed by atoms with van der Waals surface area (Å²) in [4.78, 5) is 25.2. The lowest BCUT2D eigenvalue weighted by atomic mass is 9.94. The Hall–Kier alpha value is -2.17. The number of fused-ring (bicyclic) bond motifs is 3. The van der Waals surface area contributed by atoms with Crippen LogP contribution in [-0.2, 0) is 6.42 Å². The van der Waals surface area contributed by atoms with Gasteiger partial charge in [0.25, 0.3) is 5.69 Å². The number of benzene rings is 1. The highest BCUT2D eigenvalue weighted by molar-refractivity contribution is 6.10. The first-order valence-electron chi connectivity index (χ1n) is 5.49. The summed E-state index contributed by atoms with van der Waals surface area (Å²) in [5.74, 6) is 0.131. The Bertz CT molecular complexity index is 642. The molecule has 0 saturated heterocycles. The van der Waals surface area contributed by atoms with E-state index < -0.39 is 4.92 Å². The normalized spacial score (nSPS) is 14.9. The second-order valence-corrected chi connectivity index (χ2v) is 4.24. The van der Waals surface area contributed by atoms with E-state index in [4.69, 9.17) is 0 Å². The Morgan fingerprint density at radius 1 is 1.29 bits per heavy atom. The monoisotopic (exact) mass is 230 g/mol. The number of Topliss-reactive ketones (excluding diaryl/α,β-unsaturated/α-hetero) is 1. The highest BCUT2D eigenvalue weighted by atomic mass is 16.6. The Morgan fingerprint density at radius 3 is 2.88 bits per heavy atom. The van der Waals surface area contributed by atoms with E-state index in [1.54, 1.807) is 6.07 Å². The number of aromatic amines is 1. The van der Waals surface area contributed by atoms with E-state index in [1.807, 2.05) is 0 Å². The molecule has 0 unspecified atom stereocenters. The zero-order valence-electron chi connectivity index (χ0n) is 9.03. The van der Waals surface area contributed by atoms with Crippen molar-refractivity contribution in [2.24, 2.45) is 0 Å². The van der Waals surface area contributed by atoms with Crippen LogP contribution in [-0.4, -0.2) is 15.7 Å². The Kier molecular flexibility index (Phi) is 2.01. The number of ketones is 1. The van der Waals surface area contributed by atoms with Crippen LogP contribution in [0.25, 0.3) is 10.9 Å². The van der Waals surface area contributed by atoms with E-state index in [1.165, 1.54) is 12.1 Å². The van der Waals surface area contributed by atoms with Gasteiger partial charge in [0.15, 0.2) is 5.78 Å². The lowest BCUT2D eigenvalue weighted by Crippen LogP contribution is -2.08. The number of aryl methyl sites for hydroxylation is 1. The van der Waals surface area contributed by atoms with Crippen molar-refractivity contribution in [3.05, 3.63) is 39.6 Å². The topological polar surface area (TPSA) is 76.0 Å². The summed E-state index contributed by atoms with van der Waals surface area (Å²) in [6.45, 7) is 0. The molecule has 1 heterocycles. The van der Waals surface area contributed by atoms with Crippen molar-refractivity contribution in [3.8, 4) is 0 Å². The molecule has 1 aromatic heterocycles. The number of aromatic nitrogens is 1. The fraction of sp³-hybridized carbons (Fsp3) is 0.250. The van der Waals surface area contributed by atoms with Gasteiger partial charge in [-0.15, -0.1) is 0 Å². The molecule has 1 N–H and O–H groups in total. The molecule has 1 aromatic carbocycles. The van der Waals surface area contributed by atoms with Gasteiger partial charge < -0.3 is 4.98 Å². The molecule has 86 valence electrons. The van der Waals surface area contributed by atoms with Gasteiger partial charge in [-0.3, -0.25) is 14.9 Å². The molecule has 3 rings (SSSR count). The van der Waals surface area contributed by atoms with Gasteiger partial charge in [0, 0.05) is 35.2 Å². The van der Waals surface area contributed by atoms with Crippen LogP contribution in [0.2, 0.25) is 0 Å². The molecule has 0 bridgehead atoms. The molecule has 0 saturated carbocycles. The number of H-pyrrole nitrogens is 1. The summed E-state index contributed by atoms with van der Waals surface area (Å²) >= 11 is 0. The standard InChI is InChI=1S/C12H10N2O3/c15-11-3-1-2-9-12(11)8-5-4-7(14(16)17)6-10(8)13-9/h4-6,13H,1-3H2. The zero-order valence-corrected chi connectivity index (χ0v) is 9.03. The third kappa shape index (κ3) is 1.43. The third-order valence-electron chi connectivity index (χ3n) is 3.18. The van der Waals surface area contributed by atoms with Gasteiger partial charge in [0.2, 0.25) is 0 Å². The number of nitrogens with zero attached hydrogens (tertiary/aromatic N) is 1. The molecular weight excluding hydrogens is 220 g/mol. The van der Waals surface area contributed by atoms with Crippen molar-refractivity contribution < 1.29 is 9.72 Å². The number of non-ortho nitro benzene ring substituents is 1. The van der Waals surface area contributed by atoms with Crippen molar-refractivity contribution in [1.82, 2.24) is 4.98 Å². The van der Waals surface area contributed by atoms with Crippen LogP contribution in [0, 0.1) is 10.1 Å². The highest BCUT2D eigenvalue weighted by Gasteiger charge is 2.23. The van der Waals surface area contributed by atoms with Gasteiger partial charge in [-0.2, -0.15) is 0 Å². The van der Waals surface area contributed by atoms with Gasteiger partial charge in [-0.1, -0.05) is 0 Å². The predicted octanol–water partition coefficient (Wildman–Crippen LogP) is 2.60. The van der Waals surface area contributed by atoms with E-state index in [2.05, 4.69) is 4.98 Å². The number of rotatable bonds is 1. The predicted molar refractivity (Wildman–Crippen MR) is 62.2 cm³/mol. The SMILES string of the molecule is O=C1CCCc2[nH]c3cc([N+](=O)[O-])ccc3c21. The summed E-state index contributed by atoms with van der Waals surface area (Å²) < 4.78 is 0.